The highest BCUT2D eigenvalue weighted by Crippen LogP contribution is 1.92. The highest BCUT2D eigenvalue weighted by atomic mass is 16.4. The van der Waals surface area contributed by atoms with Gasteiger partial charge in [-0.1, -0.05) is 0 Å². The zero-order valence-electron chi connectivity index (χ0n) is 4.57. The lowest BCUT2D eigenvalue weighted by Crippen LogP contribution is -1.96. The molecule has 0 radical (unpaired) electrons. The first-order valence-electron chi connectivity index (χ1n) is 2.22. The fourth-order valence-electron chi connectivity index (χ4n) is 0.292. The predicted molar refractivity (Wildman–Crippen MR) is 29.0 cm³/mol. The minimum absolute atomic E-state index is 0.332. The van der Waals surface area contributed by atoms with Gasteiger partial charge in [0, 0.05) is 6.08 Å². The van der Waals surface area contributed by atoms with E-state index in [4.69, 9.17) is 10.2 Å². The highest BCUT2D eigenvalue weighted by molar-refractivity contribution is 5.72. The number of hydrogen-bond acceptors (Lipinski definition) is 3. The summed E-state index contributed by atoms with van der Waals surface area (Å²) in [5.41, 5.74) is 0. The van der Waals surface area contributed by atoms with Crippen LogP contribution in [0.3, 0.4) is 0 Å². The summed E-state index contributed by atoms with van der Waals surface area (Å²) in [4.78, 5) is 19.3. The molecule has 0 fully saturated rings. The molecule has 0 aliphatic rings. The molecule has 0 saturated carbocycles. The van der Waals surface area contributed by atoms with Gasteiger partial charge >= 0.3 is 5.97 Å². The van der Waals surface area contributed by atoms with Crippen molar-refractivity contribution in [3.63, 3.8) is 0 Å². The second-order valence-corrected chi connectivity index (χ2v) is 1.36. The molecule has 0 aliphatic carbocycles. The fourth-order valence-corrected chi connectivity index (χ4v) is 0.292. The van der Waals surface area contributed by atoms with Crippen LogP contribution in [-0.4, -0.2) is 22.5 Å². The Bertz CT molecular complexity index is 147. The average Bonchev–Trinajstić information content (AvgIpc) is 1.63. The number of aliphatic carboxylic acids is 1. The van der Waals surface area contributed by atoms with Crippen LogP contribution in [-0.2, 0) is 9.59 Å². The number of carbonyl (C=O) groups is 2. The third-order valence-electron chi connectivity index (χ3n) is 0.593. The first-order chi connectivity index (χ1) is 4.16. The molecular weight excluding hydrogens is 124 g/mol. The van der Waals surface area contributed by atoms with E-state index in [1.54, 1.807) is 0 Å². The number of carbonyl (C=O) groups excluding carboxylic acids is 1. The molecule has 0 heterocycles. The second kappa shape index (κ2) is 3.65. The molecule has 0 saturated heterocycles. The monoisotopic (exact) mass is 130 g/mol. The van der Waals surface area contributed by atoms with Crippen molar-refractivity contribution in [2.24, 2.45) is 0 Å². The van der Waals surface area contributed by atoms with Crippen molar-refractivity contribution in [2.45, 2.75) is 6.42 Å². The summed E-state index contributed by atoms with van der Waals surface area (Å²) in [6.45, 7) is 0. The molecule has 0 aliphatic heterocycles. The number of hydrogen-bond donors (Lipinski definition) is 2. The van der Waals surface area contributed by atoms with Crippen molar-refractivity contribution in [3.8, 4) is 0 Å². The summed E-state index contributed by atoms with van der Waals surface area (Å²) in [5, 5.41) is 16.5. The SMILES string of the molecule is O=CC=C(O)CC(=O)O. The van der Waals surface area contributed by atoms with Crippen LogP contribution in [0.5, 0.6) is 0 Å². The van der Waals surface area contributed by atoms with Crippen LogP contribution in [0.2, 0.25) is 0 Å². The van der Waals surface area contributed by atoms with Crippen LogP contribution in [0.25, 0.3) is 0 Å². The molecule has 0 aromatic rings. The number of allylic oxidation sites excluding steroid dienone is 1. The first-order valence-corrected chi connectivity index (χ1v) is 2.22. The summed E-state index contributed by atoms with van der Waals surface area (Å²) < 4.78 is 0. The standard InChI is InChI=1S/C5H6O4/c6-2-1-4(7)3-5(8)9/h1-2,7H,3H2,(H,8,9). The van der Waals surface area contributed by atoms with Gasteiger partial charge in [-0.05, 0) is 0 Å². The van der Waals surface area contributed by atoms with Gasteiger partial charge < -0.3 is 10.2 Å². The Kier molecular flexibility index (Phi) is 3.12. The summed E-state index contributed by atoms with van der Waals surface area (Å²) in [7, 11) is 0. The van der Waals surface area contributed by atoms with Gasteiger partial charge in [0.05, 0.1) is 0 Å². The van der Waals surface area contributed by atoms with E-state index in [-0.39, 0.29) is 0 Å². The maximum Gasteiger partial charge on any atom is 0.311 e. The van der Waals surface area contributed by atoms with Crippen LogP contribution >= 0.6 is 0 Å². The predicted octanol–water partition coefficient (Wildman–Crippen LogP) is 0.102. The largest absolute Gasteiger partial charge is 0.512 e. The van der Waals surface area contributed by atoms with Gasteiger partial charge in [-0.3, -0.25) is 9.59 Å². The summed E-state index contributed by atoms with van der Waals surface area (Å²) in [5.74, 6) is -1.59. The first kappa shape index (κ1) is 7.68. The summed E-state index contributed by atoms with van der Waals surface area (Å²) in [6, 6.07) is 0. The van der Waals surface area contributed by atoms with E-state index in [0.717, 1.165) is 6.08 Å². The Balaban J connectivity index is 3.75. The van der Waals surface area contributed by atoms with Crippen LogP contribution in [0, 0.1) is 0 Å². The van der Waals surface area contributed by atoms with Gasteiger partial charge in [0.2, 0.25) is 0 Å². The molecule has 0 rings (SSSR count). The number of aliphatic hydroxyl groups excluding tert-OH is 1. The maximum atomic E-state index is 9.77. The topological polar surface area (TPSA) is 74.6 Å². The molecule has 0 aromatic carbocycles. The van der Waals surface area contributed by atoms with E-state index in [2.05, 4.69) is 0 Å². The Morgan fingerprint density at radius 2 is 2.00 bits per heavy atom. The lowest BCUT2D eigenvalue weighted by atomic mass is 10.3. The number of carboxylic acid groups (broad SMARTS) is 1. The average molecular weight is 130 g/mol. The Hall–Kier alpha value is -1.32. The highest BCUT2D eigenvalue weighted by Gasteiger charge is 1.98. The third-order valence-corrected chi connectivity index (χ3v) is 0.593. The summed E-state index contributed by atoms with van der Waals surface area (Å²) >= 11 is 0. The molecule has 4 nitrogen and oxygen atoms in total. The van der Waals surface area contributed by atoms with Gasteiger partial charge in [0.25, 0.3) is 0 Å². The van der Waals surface area contributed by atoms with Crippen LogP contribution < -0.4 is 0 Å². The van der Waals surface area contributed by atoms with Crippen LogP contribution in [0.15, 0.2) is 11.8 Å². The normalized spacial score (nSPS) is 10.9. The lowest BCUT2D eigenvalue weighted by Gasteiger charge is -1.88. The Morgan fingerprint density at radius 1 is 1.44 bits per heavy atom. The van der Waals surface area contributed by atoms with Crippen molar-refractivity contribution < 1.29 is 19.8 Å². The molecule has 0 aromatic heterocycles. The van der Waals surface area contributed by atoms with E-state index in [0.29, 0.717) is 6.29 Å². The Morgan fingerprint density at radius 3 is 2.33 bits per heavy atom. The zero-order chi connectivity index (χ0) is 7.28. The third kappa shape index (κ3) is 4.53. The smallest absolute Gasteiger partial charge is 0.311 e. The van der Waals surface area contributed by atoms with Crippen molar-refractivity contribution in [3.05, 3.63) is 11.8 Å². The quantitative estimate of drug-likeness (QED) is 0.323. The van der Waals surface area contributed by atoms with Crippen molar-refractivity contribution in [1.29, 1.82) is 0 Å². The number of rotatable bonds is 3. The van der Waals surface area contributed by atoms with Gasteiger partial charge in [0.1, 0.15) is 18.5 Å². The van der Waals surface area contributed by atoms with Crippen molar-refractivity contribution in [1.82, 2.24) is 0 Å². The molecule has 2 N–H and O–H groups in total. The number of carboxylic acids is 1. The summed E-state index contributed by atoms with van der Waals surface area (Å²) in [6.07, 6.45) is 0.630. The second-order valence-electron chi connectivity index (χ2n) is 1.36. The van der Waals surface area contributed by atoms with E-state index in [1.807, 2.05) is 0 Å². The van der Waals surface area contributed by atoms with Crippen molar-refractivity contribution >= 4 is 12.3 Å². The van der Waals surface area contributed by atoms with E-state index >= 15 is 0 Å². The molecule has 0 bridgehead atoms. The van der Waals surface area contributed by atoms with E-state index < -0.39 is 18.1 Å². The Labute approximate surface area is 51.4 Å². The maximum absolute atomic E-state index is 9.77. The molecular formula is C5H6O4. The van der Waals surface area contributed by atoms with E-state index in [9.17, 15) is 9.59 Å². The minimum atomic E-state index is -1.16. The fraction of sp³-hybridized carbons (Fsp3) is 0.200. The lowest BCUT2D eigenvalue weighted by molar-refractivity contribution is -0.136. The molecule has 50 valence electrons. The van der Waals surface area contributed by atoms with Gasteiger partial charge in [-0.15, -0.1) is 0 Å². The molecule has 4 heteroatoms. The van der Waals surface area contributed by atoms with Crippen LogP contribution in [0.4, 0.5) is 0 Å². The van der Waals surface area contributed by atoms with Gasteiger partial charge in [-0.2, -0.15) is 0 Å². The number of aldehydes is 1. The van der Waals surface area contributed by atoms with E-state index in [1.165, 1.54) is 0 Å². The van der Waals surface area contributed by atoms with Gasteiger partial charge in [-0.25, -0.2) is 0 Å². The molecule has 0 unspecified atom stereocenters. The molecule has 9 heavy (non-hydrogen) atoms. The molecule has 0 spiro atoms. The zero-order valence-corrected chi connectivity index (χ0v) is 4.57. The molecule has 0 atom stereocenters. The van der Waals surface area contributed by atoms with Crippen LogP contribution in [0.1, 0.15) is 6.42 Å². The minimum Gasteiger partial charge on any atom is -0.512 e. The number of aliphatic hydroxyl groups is 1. The van der Waals surface area contributed by atoms with Crippen molar-refractivity contribution in [2.75, 3.05) is 0 Å². The van der Waals surface area contributed by atoms with Gasteiger partial charge in [0.15, 0.2) is 0 Å². The molecule has 0 amide bonds.